The lowest BCUT2D eigenvalue weighted by atomic mass is 10.1. The zero-order valence-corrected chi connectivity index (χ0v) is 16.1. The number of urea groups is 1. The van der Waals surface area contributed by atoms with E-state index in [2.05, 4.69) is 42.3 Å². The number of rotatable bonds is 4. The van der Waals surface area contributed by atoms with Crippen LogP contribution in [0.3, 0.4) is 0 Å². The second kappa shape index (κ2) is 7.98. The average molecular weight is 358 g/mol. The van der Waals surface area contributed by atoms with E-state index in [4.69, 9.17) is 0 Å². The van der Waals surface area contributed by atoms with Gasteiger partial charge in [0.25, 0.3) is 0 Å². The summed E-state index contributed by atoms with van der Waals surface area (Å²) in [6.07, 6.45) is 0.550. The molecule has 0 spiro atoms. The van der Waals surface area contributed by atoms with E-state index < -0.39 is 0 Å². The molecular formula is C20H30N4O2. The Labute approximate surface area is 156 Å². The molecule has 3 amide bonds. The zero-order chi connectivity index (χ0) is 18.7. The van der Waals surface area contributed by atoms with Gasteiger partial charge >= 0.3 is 6.03 Å². The lowest BCUT2D eigenvalue weighted by molar-refractivity contribution is -0.127. The van der Waals surface area contributed by atoms with Gasteiger partial charge in [0.15, 0.2) is 0 Å². The van der Waals surface area contributed by atoms with Crippen molar-refractivity contribution in [2.75, 3.05) is 50.7 Å². The molecule has 2 aliphatic rings. The van der Waals surface area contributed by atoms with Crippen LogP contribution in [0.2, 0.25) is 0 Å². The SMILES string of the molecule is CCN1C[C@H](CNC(=O)N2CCN(c3cc(C)cc(C)c3)CC2)CC1=O. The Bertz CT molecular complexity index is 648. The summed E-state index contributed by atoms with van der Waals surface area (Å²) in [5.41, 5.74) is 3.78. The first-order valence-corrected chi connectivity index (χ1v) is 9.60. The molecule has 0 bridgehead atoms. The summed E-state index contributed by atoms with van der Waals surface area (Å²) < 4.78 is 0. The number of likely N-dealkylation sites (tertiary alicyclic amines) is 1. The minimum Gasteiger partial charge on any atom is -0.368 e. The Balaban J connectivity index is 1.46. The van der Waals surface area contributed by atoms with Gasteiger partial charge in [-0.2, -0.15) is 0 Å². The summed E-state index contributed by atoms with van der Waals surface area (Å²) in [4.78, 5) is 30.3. The van der Waals surface area contributed by atoms with Crippen molar-refractivity contribution in [3.8, 4) is 0 Å². The molecule has 0 radical (unpaired) electrons. The number of carbonyl (C=O) groups excluding carboxylic acids is 2. The van der Waals surface area contributed by atoms with E-state index in [1.54, 1.807) is 0 Å². The number of anilines is 1. The van der Waals surface area contributed by atoms with Crippen molar-refractivity contribution < 1.29 is 9.59 Å². The highest BCUT2D eigenvalue weighted by Crippen LogP contribution is 2.20. The normalized spacial score (nSPS) is 20.7. The maximum Gasteiger partial charge on any atom is 0.317 e. The molecule has 0 aromatic heterocycles. The standard InChI is InChI=1S/C20H30N4O2/c1-4-22-14-17(12-19(22)25)13-21-20(26)24-7-5-23(6-8-24)18-10-15(2)9-16(3)11-18/h9-11,17H,4-8,12-14H2,1-3H3,(H,21,26)/t17-/m0/s1. The molecule has 142 valence electrons. The van der Waals surface area contributed by atoms with E-state index in [0.717, 1.165) is 39.3 Å². The van der Waals surface area contributed by atoms with Gasteiger partial charge in [0.1, 0.15) is 0 Å². The van der Waals surface area contributed by atoms with Crippen LogP contribution in [0.15, 0.2) is 18.2 Å². The van der Waals surface area contributed by atoms with E-state index in [1.165, 1.54) is 16.8 Å². The van der Waals surface area contributed by atoms with E-state index in [-0.39, 0.29) is 17.9 Å². The smallest absolute Gasteiger partial charge is 0.317 e. The van der Waals surface area contributed by atoms with Gasteiger partial charge in [0, 0.05) is 63.8 Å². The fraction of sp³-hybridized carbons (Fsp3) is 0.600. The predicted molar refractivity (Wildman–Crippen MR) is 103 cm³/mol. The third-order valence-electron chi connectivity index (χ3n) is 5.36. The topological polar surface area (TPSA) is 55.9 Å². The van der Waals surface area contributed by atoms with Crippen LogP contribution in [-0.4, -0.2) is 67.6 Å². The molecule has 2 saturated heterocycles. The van der Waals surface area contributed by atoms with Crippen molar-refractivity contribution in [3.05, 3.63) is 29.3 Å². The van der Waals surface area contributed by atoms with Crippen LogP contribution in [0.1, 0.15) is 24.5 Å². The summed E-state index contributed by atoms with van der Waals surface area (Å²) in [7, 11) is 0. The van der Waals surface area contributed by atoms with Crippen molar-refractivity contribution in [2.45, 2.75) is 27.2 Å². The number of aryl methyl sites for hydroxylation is 2. The predicted octanol–water partition coefficient (Wildman–Crippen LogP) is 2.00. The number of benzene rings is 1. The average Bonchev–Trinajstić information content (AvgIpc) is 2.99. The van der Waals surface area contributed by atoms with Gasteiger partial charge < -0.3 is 20.0 Å². The van der Waals surface area contributed by atoms with E-state index in [1.807, 2.05) is 16.7 Å². The van der Waals surface area contributed by atoms with Crippen LogP contribution in [0.5, 0.6) is 0 Å². The van der Waals surface area contributed by atoms with Crippen LogP contribution in [0.25, 0.3) is 0 Å². The Morgan fingerprint density at radius 3 is 2.35 bits per heavy atom. The molecule has 1 atom stereocenters. The molecule has 26 heavy (non-hydrogen) atoms. The molecule has 1 aromatic rings. The van der Waals surface area contributed by atoms with Crippen LogP contribution in [0.4, 0.5) is 10.5 Å². The largest absolute Gasteiger partial charge is 0.368 e. The Morgan fingerprint density at radius 1 is 1.12 bits per heavy atom. The molecule has 0 saturated carbocycles. The van der Waals surface area contributed by atoms with Crippen LogP contribution in [-0.2, 0) is 4.79 Å². The first kappa shape index (κ1) is 18.5. The Kier molecular flexibility index (Phi) is 5.69. The van der Waals surface area contributed by atoms with Gasteiger partial charge in [-0.3, -0.25) is 4.79 Å². The minimum absolute atomic E-state index is 0.00697. The summed E-state index contributed by atoms with van der Waals surface area (Å²) in [5, 5.41) is 3.02. The van der Waals surface area contributed by atoms with Crippen LogP contribution < -0.4 is 10.2 Å². The van der Waals surface area contributed by atoms with E-state index in [9.17, 15) is 9.59 Å². The first-order chi connectivity index (χ1) is 12.5. The summed E-state index contributed by atoms with van der Waals surface area (Å²) in [6.45, 7) is 11.5. The van der Waals surface area contributed by atoms with E-state index >= 15 is 0 Å². The van der Waals surface area contributed by atoms with Crippen molar-refractivity contribution in [1.29, 1.82) is 0 Å². The monoisotopic (exact) mass is 358 g/mol. The van der Waals surface area contributed by atoms with Gasteiger partial charge in [0.2, 0.25) is 5.91 Å². The highest BCUT2D eigenvalue weighted by atomic mass is 16.2. The number of hydrogen-bond donors (Lipinski definition) is 1. The highest BCUT2D eigenvalue weighted by molar-refractivity contribution is 5.79. The minimum atomic E-state index is -0.00697. The fourth-order valence-electron chi connectivity index (χ4n) is 3.94. The third-order valence-corrected chi connectivity index (χ3v) is 5.36. The van der Waals surface area contributed by atoms with Gasteiger partial charge in [-0.1, -0.05) is 6.07 Å². The second-order valence-corrected chi connectivity index (χ2v) is 7.51. The van der Waals surface area contributed by atoms with Crippen molar-refractivity contribution >= 4 is 17.6 Å². The Morgan fingerprint density at radius 2 is 1.77 bits per heavy atom. The second-order valence-electron chi connectivity index (χ2n) is 7.51. The van der Waals surface area contributed by atoms with Gasteiger partial charge in [-0.25, -0.2) is 4.79 Å². The quantitative estimate of drug-likeness (QED) is 0.896. The maximum absolute atomic E-state index is 12.4. The zero-order valence-electron chi connectivity index (χ0n) is 16.1. The molecule has 0 aliphatic carbocycles. The van der Waals surface area contributed by atoms with Gasteiger partial charge in [0.05, 0.1) is 0 Å². The number of amides is 3. The molecular weight excluding hydrogens is 328 g/mol. The molecule has 6 nitrogen and oxygen atoms in total. The maximum atomic E-state index is 12.4. The number of carbonyl (C=O) groups is 2. The first-order valence-electron chi connectivity index (χ1n) is 9.60. The molecule has 1 aromatic carbocycles. The lowest BCUT2D eigenvalue weighted by Gasteiger charge is -2.36. The summed E-state index contributed by atoms with van der Waals surface area (Å²) >= 11 is 0. The Hall–Kier alpha value is -2.24. The molecule has 2 fully saturated rings. The number of nitrogens with zero attached hydrogens (tertiary/aromatic N) is 3. The van der Waals surface area contributed by atoms with Crippen molar-refractivity contribution in [2.24, 2.45) is 5.92 Å². The number of nitrogens with one attached hydrogen (secondary N) is 1. The van der Waals surface area contributed by atoms with Gasteiger partial charge in [-0.15, -0.1) is 0 Å². The highest BCUT2D eigenvalue weighted by Gasteiger charge is 2.29. The summed E-state index contributed by atoms with van der Waals surface area (Å²) in [6, 6.07) is 6.59. The van der Waals surface area contributed by atoms with Gasteiger partial charge in [-0.05, 0) is 44.0 Å². The van der Waals surface area contributed by atoms with Crippen molar-refractivity contribution in [1.82, 2.24) is 15.1 Å². The molecule has 0 unspecified atom stereocenters. The summed E-state index contributed by atoms with van der Waals surface area (Å²) in [5.74, 6) is 0.441. The van der Waals surface area contributed by atoms with E-state index in [0.29, 0.717) is 13.0 Å². The molecule has 1 N–H and O–H groups in total. The van der Waals surface area contributed by atoms with Crippen molar-refractivity contribution in [3.63, 3.8) is 0 Å². The molecule has 2 heterocycles. The molecule has 6 heteroatoms. The fourth-order valence-corrected chi connectivity index (χ4v) is 3.94. The molecule has 2 aliphatic heterocycles. The molecule has 3 rings (SSSR count). The third kappa shape index (κ3) is 4.29. The van der Waals surface area contributed by atoms with Crippen LogP contribution >= 0.6 is 0 Å². The number of hydrogen-bond acceptors (Lipinski definition) is 3. The van der Waals surface area contributed by atoms with Crippen LogP contribution in [0, 0.1) is 19.8 Å². The number of piperazine rings is 1. The lowest BCUT2D eigenvalue weighted by Crippen LogP contribution is -2.52.